The Hall–Kier alpha value is -0.0501. The summed E-state index contributed by atoms with van der Waals surface area (Å²) in [4.78, 5) is 0. The maximum atomic E-state index is 12.5. The van der Waals surface area contributed by atoms with Crippen molar-refractivity contribution in [2.24, 2.45) is 16.2 Å². The Bertz CT molecular complexity index is 327. The first-order valence-corrected chi connectivity index (χ1v) is 10.2. The van der Waals surface area contributed by atoms with Gasteiger partial charge in [0.05, 0.1) is 22.3 Å². The van der Waals surface area contributed by atoms with Crippen molar-refractivity contribution in [2.45, 2.75) is 113 Å². The van der Waals surface area contributed by atoms with E-state index in [9.17, 15) is 8.78 Å². The number of hydrogen-bond acceptors (Lipinski definition) is 1. The van der Waals surface area contributed by atoms with Crippen LogP contribution in [0.15, 0.2) is 0 Å². The summed E-state index contributed by atoms with van der Waals surface area (Å²) in [7, 11) is 10.2. The Labute approximate surface area is 172 Å². The minimum Gasteiger partial charge on any atom is -0.381 e. The Balaban J connectivity index is -0.000000322. The summed E-state index contributed by atoms with van der Waals surface area (Å²) in [6.07, 6.45) is 3.65. The summed E-state index contributed by atoms with van der Waals surface area (Å²) < 4.78 is 30.4. The lowest BCUT2D eigenvalue weighted by Crippen LogP contribution is -2.23. The summed E-state index contributed by atoms with van der Waals surface area (Å²) in [5.74, 6) is -2.70. The molecule has 0 aliphatic heterocycles. The molecule has 4 radical (unpaired) electrons. The van der Waals surface area contributed by atoms with Crippen molar-refractivity contribution in [1.29, 1.82) is 0 Å². The van der Waals surface area contributed by atoms with E-state index in [1.807, 2.05) is 0 Å². The van der Waals surface area contributed by atoms with Gasteiger partial charge in [-0.05, 0) is 35.4 Å². The molecule has 0 N–H and O–H groups in total. The fourth-order valence-corrected chi connectivity index (χ4v) is 2.00. The molecule has 0 spiro atoms. The molecule has 0 saturated carbocycles. The maximum absolute atomic E-state index is 12.5. The molecule has 0 aliphatic carbocycles. The van der Waals surface area contributed by atoms with E-state index in [1.165, 1.54) is 6.42 Å². The van der Waals surface area contributed by atoms with E-state index in [1.54, 1.807) is 20.8 Å². The van der Waals surface area contributed by atoms with Crippen molar-refractivity contribution in [3.8, 4) is 0 Å². The van der Waals surface area contributed by atoms with Gasteiger partial charge in [-0.2, -0.15) is 0 Å². The highest BCUT2D eigenvalue weighted by Crippen LogP contribution is 2.33. The lowest BCUT2D eigenvalue weighted by atomic mass is 9.84. The van der Waals surface area contributed by atoms with E-state index >= 15 is 0 Å². The van der Waals surface area contributed by atoms with E-state index in [4.69, 9.17) is 20.4 Å². The smallest absolute Gasteiger partial charge is 0.241 e. The molecule has 0 amide bonds. The summed E-state index contributed by atoms with van der Waals surface area (Å²) in [6.45, 7) is 22.5. The highest BCUT2D eigenvalue weighted by Gasteiger charge is 2.31. The highest BCUT2D eigenvalue weighted by molar-refractivity contribution is 6.09. The summed E-state index contributed by atoms with van der Waals surface area (Å²) in [6, 6.07) is 0. The van der Waals surface area contributed by atoms with Crippen LogP contribution in [-0.4, -0.2) is 34.8 Å². The van der Waals surface area contributed by atoms with Crippen molar-refractivity contribution >= 4 is 15.7 Å². The molecule has 0 saturated heterocycles. The molecule has 1 nitrogen and oxygen atoms in total. The molecule has 0 aromatic carbocycles. The van der Waals surface area contributed by atoms with Crippen LogP contribution in [0.3, 0.4) is 0 Å². The third-order valence-corrected chi connectivity index (χ3v) is 3.10. The molecular formula is C22H46B2F2O. The molecule has 5 heteroatoms. The monoisotopic (exact) mass is 386 g/mol. The number of halogens is 2. The third kappa shape index (κ3) is 37.4. The Morgan fingerprint density at radius 2 is 1.26 bits per heavy atom. The van der Waals surface area contributed by atoms with Crippen LogP contribution in [-0.2, 0) is 4.74 Å². The Kier molecular flexibility index (Phi) is 17.4. The molecule has 0 aromatic rings. The molecule has 160 valence electrons. The molecule has 0 aromatic heterocycles. The van der Waals surface area contributed by atoms with Crippen LogP contribution in [0.25, 0.3) is 0 Å². The second-order valence-corrected chi connectivity index (χ2v) is 10.9. The van der Waals surface area contributed by atoms with Gasteiger partial charge in [-0.1, -0.05) is 82.0 Å². The molecule has 0 unspecified atom stereocenters. The predicted molar refractivity (Wildman–Crippen MR) is 119 cm³/mol. The molecular weight excluding hydrogens is 340 g/mol. The van der Waals surface area contributed by atoms with Gasteiger partial charge in [0.1, 0.15) is 0 Å². The zero-order chi connectivity index (χ0) is 22.4. The fourth-order valence-electron chi connectivity index (χ4n) is 2.00. The average Bonchev–Trinajstić information content (AvgIpc) is 2.42. The number of rotatable bonds is 7. The Morgan fingerprint density at radius 1 is 0.778 bits per heavy atom. The van der Waals surface area contributed by atoms with Crippen molar-refractivity contribution in [3.05, 3.63) is 0 Å². The molecule has 0 bridgehead atoms. The van der Waals surface area contributed by atoms with E-state index in [0.717, 1.165) is 32.4 Å². The molecule has 0 atom stereocenters. The highest BCUT2D eigenvalue weighted by atomic mass is 19.3. The zero-order valence-electron chi connectivity index (χ0n) is 20.0. The molecule has 0 rings (SSSR count). The zero-order valence-corrected chi connectivity index (χ0v) is 20.0. The molecule has 0 aliphatic rings. The largest absolute Gasteiger partial charge is 0.381 e. The normalized spacial score (nSPS) is 12.6. The van der Waals surface area contributed by atoms with Gasteiger partial charge in [0.25, 0.3) is 0 Å². The van der Waals surface area contributed by atoms with Crippen LogP contribution >= 0.6 is 0 Å². The SMILES string of the molecule is CCCOCC(C)(C)C.[B]CC(F)(F)CC(C)(C)C.[B]CCCC(C)(C)C. The van der Waals surface area contributed by atoms with Gasteiger partial charge in [-0.25, -0.2) is 8.78 Å². The average molecular weight is 386 g/mol. The number of hydrogen-bond donors (Lipinski definition) is 0. The van der Waals surface area contributed by atoms with Crippen molar-refractivity contribution in [2.75, 3.05) is 13.2 Å². The standard InChI is InChI=1S/C8H18O.C7H13BF2.C7H15B/c1-5-6-9-7-8(2,3)4;1-6(2,3)4-7(9,10)5-8;1-7(2,3)5-4-6-8/h5-7H2,1-4H3;4-5H2,1-3H3;4-6H2,1-3H3. The van der Waals surface area contributed by atoms with Gasteiger partial charge in [-0.3, -0.25) is 0 Å². The number of ether oxygens (including phenoxy) is 1. The summed E-state index contributed by atoms with van der Waals surface area (Å²) in [5, 5.41) is 0. The first kappa shape index (κ1) is 31.6. The first-order valence-electron chi connectivity index (χ1n) is 10.2. The van der Waals surface area contributed by atoms with Crippen LogP contribution < -0.4 is 0 Å². The van der Waals surface area contributed by atoms with Crippen molar-refractivity contribution in [3.63, 3.8) is 0 Å². The van der Waals surface area contributed by atoms with Gasteiger partial charge in [0.2, 0.25) is 5.92 Å². The lowest BCUT2D eigenvalue weighted by molar-refractivity contribution is -0.0161. The van der Waals surface area contributed by atoms with Crippen molar-refractivity contribution < 1.29 is 13.5 Å². The van der Waals surface area contributed by atoms with Crippen molar-refractivity contribution in [1.82, 2.24) is 0 Å². The second kappa shape index (κ2) is 14.9. The first-order chi connectivity index (χ1) is 11.9. The van der Waals surface area contributed by atoms with Crippen LogP contribution in [0, 0.1) is 16.2 Å². The predicted octanol–water partition coefficient (Wildman–Crippen LogP) is 7.50. The van der Waals surface area contributed by atoms with Gasteiger partial charge >= 0.3 is 0 Å². The summed E-state index contributed by atoms with van der Waals surface area (Å²) >= 11 is 0. The lowest BCUT2D eigenvalue weighted by Gasteiger charge is -2.24. The van der Waals surface area contributed by atoms with Crippen LogP contribution in [0.2, 0.25) is 12.6 Å². The van der Waals surface area contributed by atoms with E-state index in [-0.39, 0.29) is 11.8 Å². The van der Waals surface area contributed by atoms with Gasteiger partial charge in [0, 0.05) is 13.0 Å². The van der Waals surface area contributed by atoms with Gasteiger partial charge < -0.3 is 4.74 Å². The van der Waals surface area contributed by atoms with Crippen LogP contribution in [0.5, 0.6) is 0 Å². The summed E-state index contributed by atoms with van der Waals surface area (Å²) in [5.41, 5.74) is 0.456. The molecule has 0 fully saturated rings. The Morgan fingerprint density at radius 3 is 1.44 bits per heavy atom. The van der Waals surface area contributed by atoms with Gasteiger partial charge in [-0.15, -0.1) is 0 Å². The van der Waals surface area contributed by atoms with Gasteiger partial charge in [0.15, 0.2) is 0 Å². The number of alkyl halides is 2. The fraction of sp³-hybridized carbons (Fsp3) is 1.00. The topological polar surface area (TPSA) is 9.23 Å². The van der Waals surface area contributed by atoms with Crippen LogP contribution in [0.1, 0.15) is 94.9 Å². The molecule has 27 heavy (non-hydrogen) atoms. The second-order valence-electron chi connectivity index (χ2n) is 10.9. The van der Waals surface area contributed by atoms with E-state index in [0.29, 0.717) is 10.8 Å². The third-order valence-electron chi connectivity index (χ3n) is 3.10. The molecule has 0 heterocycles. The minimum atomic E-state index is -2.70. The van der Waals surface area contributed by atoms with E-state index < -0.39 is 12.2 Å². The van der Waals surface area contributed by atoms with E-state index in [2.05, 4.69) is 48.5 Å². The minimum absolute atomic E-state index is 0.142. The quantitative estimate of drug-likeness (QED) is 0.325. The maximum Gasteiger partial charge on any atom is 0.241 e. The van der Waals surface area contributed by atoms with Crippen LogP contribution in [0.4, 0.5) is 8.78 Å².